The average Bonchev–Trinajstić information content (AvgIpc) is 2.38. The topological polar surface area (TPSA) is 24.5 Å². The fourth-order valence-corrected chi connectivity index (χ4v) is 2.73. The van der Waals surface area contributed by atoms with Gasteiger partial charge < -0.3 is 15.0 Å². The number of nitrogens with zero attached hydrogens (tertiary/aromatic N) is 1. The van der Waals surface area contributed by atoms with E-state index in [0.717, 1.165) is 29.7 Å². The molecule has 2 unspecified atom stereocenters. The van der Waals surface area contributed by atoms with E-state index in [2.05, 4.69) is 33.2 Å². The number of halogens is 2. The van der Waals surface area contributed by atoms with Gasteiger partial charge in [0.05, 0.1) is 12.7 Å². The van der Waals surface area contributed by atoms with E-state index in [-0.39, 0.29) is 18.0 Å². The summed E-state index contributed by atoms with van der Waals surface area (Å²) in [6.07, 6.45) is 0.737. The molecule has 2 atom stereocenters. The van der Waals surface area contributed by atoms with Crippen LogP contribution in [0, 0.1) is 5.82 Å². The SMILES string of the molecule is CNC(Cc1ccc(Br)cc1F)C1CN(C)CCO1. The van der Waals surface area contributed by atoms with Crippen molar-refractivity contribution in [1.82, 2.24) is 10.2 Å². The van der Waals surface area contributed by atoms with Gasteiger partial charge in [0, 0.05) is 23.6 Å². The fourth-order valence-electron chi connectivity index (χ4n) is 2.40. The largest absolute Gasteiger partial charge is 0.374 e. The smallest absolute Gasteiger partial charge is 0.127 e. The zero-order valence-corrected chi connectivity index (χ0v) is 12.9. The molecular formula is C14H20BrFN2O. The van der Waals surface area contributed by atoms with Crippen molar-refractivity contribution in [3.8, 4) is 0 Å². The van der Waals surface area contributed by atoms with Gasteiger partial charge >= 0.3 is 0 Å². The van der Waals surface area contributed by atoms with Crippen molar-refractivity contribution in [1.29, 1.82) is 0 Å². The average molecular weight is 331 g/mol. The first-order valence-electron chi connectivity index (χ1n) is 6.51. The van der Waals surface area contributed by atoms with Crippen LogP contribution in [-0.2, 0) is 11.2 Å². The van der Waals surface area contributed by atoms with Crippen molar-refractivity contribution >= 4 is 15.9 Å². The van der Waals surface area contributed by atoms with Crippen molar-refractivity contribution in [2.75, 3.05) is 33.8 Å². The van der Waals surface area contributed by atoms with E-state index >= 15 is 0 Å². The highest BCUT2D eigenvalue weighted by molar-refractivity contribution is 9.10. The molecule has 1 saturated heterocycles. The molecule has 19 heavy (non-hydrogen) atoms. The van der Waals surface area contributed by atoms with Gasteiger partial charge in [-0.25, -0.2) is 4.39 Å². The molecule has 0 aliphatic carbocycles. The second-order valence-corrected chi connectivity index (χ2v) is 5.92. The molecule has 2 rings (SSSR count). The summed E-state index contributed by atoms with van der Waals surface area (Å²) in [6, 6.07) is 5.34. The van der Waals surface area contributed by atoms with Crippen LogP contribution in [0.2, 0.25) is 0 Å². The van der Waals surface area contributed by atoms with Crippen molar-refractivity contribution in [2.45, 2.75) is 18.6 Å². The van der Waals surface area contributed by atoms with Crippen LogP contribution in [0.25, 0.3) is 0 Å². The molecule has 1 aliphatic rings. The summed E-state index contributed by atoms with van der Waals surface area (Å²) in [7, 11) is 3.99. The molecule has 1 aromatic rings. The zero-order valence-electron chi connectivity index (χ0n) is 11.3. The highest BCUT2D eigenvalue weighted by Crippen LogP contribution is 2.18. The molecule has 1 fully saturated rings. The lowest BCUT2D eigenvalue weighted by Crippen LogP contribution is -2.51. The summed E-state index contributed by atoms with van der Waals surface area (Å²) < 4.78 is 20.5. The molecule has 0 amide bonds. The molecule has 3 nitrogen and oxygen atoms in total. The van der Waals surface area contributed by atoms with Gasteiger partial charge in [-0.05, 0) is 38.2 Å². The number of rotatable bonds is 4. The van der Waals surface area contributed by atoms with Gasteiger partial charge in [0.2, 0.25) is 0 Å². The second-order valence-electron chi connectivity index (χ2n) is 5.01. The molecule has 5 heteroatoms. The van der Waals surface area contributed by atoms with Gasteiger partial charge in [0.15, 0.2) is 0 Å². The van der Waals surface area contributed by atoms with E-state index in [4.69, 9.17) is 4.74 Å². The fraction of sp³-hybridized carbons (Fsp3) is 0.571. The summed E-state index contributed by atoms with van der Waals surface area (Å²) in [4.78, 5) is 2.25. The minimum atomic E-state index is -0.168. The molecule has 0 radical (unpaired) electrons. The quantitative estimate of drug-likeness (QED) is 0.914. The Balaban J connectivity index is 2.05. The maximum atomic E-state index is 13.9. The van der Waals surface area contributed by atoms with Crippen LogP contribution in [-0.4, -0.2) is 50.8 Å². The Morgan fingerprint density at radius 3 is 3.00 bits per heavy atom. The molecule has 1 aliphatic heterocycles. The number of morpholine rings is 1. The molecule has 1 N–H and O–H groups in total. The van der Waals surface area contributed by atoms with Crippen LogP contribution in [0.3, 0.4) is 0 Å². The predicted octanol–water partition coefficient (Wildman–Crippen LogP) is 2.05. The Hall–Kier alpha value is -0.490. The van der Waals surface area contributed by atoms with Crippen LogP contribution in [0.1, 0.15) is 5.56 Å². The lowest BCUT2D eigenvalue weighted by atomic mass is 10.00. The van der Waals surface area contributed by atoms with Gasteiger partial charge in [-0.1, -0.05) is 22.0 Å². The summed E-state index contributed by atoms with van der Waals surface area (Å²) in [5.41, 5.74) is 0.722. The normalized spacial score (nSPS) is 22.4. The Morgan fingerprint density at radius 2 is 2.37 bits per heavy atom. The monoisotopic (exact) mass is 330 g/mol. The Labute approximate surface area is 122 Å². The second kappa shape index (κ2) is 6.79. The van der Waals surface area contributed by atoms with Gasteiger partial charge in [-0.3, -0.25) is 0 Å². The molecular weight excluding hydrogens is 311 g/mol. The number of benzene rings is 1. The molecule has 0 bridgehead atoms. The van der Waals surface area contributed by atoms with Crippen LogP contribution >= 0.6 is 15.9 Å². The summed E-state index contributed by atoms with van der Waals surface area (Å²) in [5, 5.41) is 3.25. The molecule has 1 aromatic carbocycles. The third-order valence-electron chi connectivity index (χ3n) is 3.57. The van der Waals surface area contributed by atoms with Crippen molar-refractivity contribution in [2.24, 2.45) is 0 Å². The molecule has 0 saturated carbocycles. The first-order chi connectivity index (χ1) is 9.10. The highest BCUT2D eigenvalue weighted by atomic mass is 79.9. The lowest BCUT2D eigenvalue weighted by molar-refractivity contribution is -0.0373. The lowest BCUT2D eigenvalue weighted by Gasteiger charge is -2.35. The summed E-state index contributed by atoms with van der Waals surface area (Å²) in [5.74, 6) is -0.168. The molecule has 0 spiro atoms. The van der Waals surface area contributed by atoms with Gasteiger partial charge in [0.1, 0.15) is 5.82 Å². The highest BCUT2D eigenvalue weighted by Gasteiger charge is 2.26. The maximum Gasteiger partial charge on any atom is 0.127 e. The van der Waals surface area contributed by atoms with E-state index < -0.39 is 0 Å². The number of hydrogen-bond donors (Lipinski definition) is 1. The van der Waals surface area contributed by atoms with Gasteiger partial charge in [0.25, 0.3) is 0 Å². The van der Waals surface area contributed by atoms with E-state index in [1.807, 2.05) is 19.2 Å². The third kappa shape index (κ3) is 3.99. The maximum absolute atomic E-state index is 13.9. The molecule has 106 valence electrons. The standard InChI is InChI=1S/C14H20BrFN2O/c1-17-13(14-9-18(2)5-6-19-14)7-10-3-4-11(15)8-12(10)16/h3-4,8,13-14,17H,5-7,9H2,1-2H3. The van der Waals surface area contributed by atoms with Crippen molar-refractivity contribution in [3.63, 3.8) is 0 Å². The summed E-state index contributed by atoms with van der Waals surface area (Å²) >= 11 is 3.28. The van der Waals surface area contributed by atoms with E-state index in [9.17, 15) is 4.39 Å². The first kappa shape index (κ1) is 14.9. The van der Waals surface area contributed by atoms with Crippen molar-refractivity contribution in [3.05, 3.63) is 34.1 Å². The minimum absolute atomic E-state index is 0.104. The Morgan fingerprint density at radius 1 is 1.58 bits per heavy atom. The minimum Gasteiger partial charge on any atom is -0.374 e. The number of nitrogens with one attached hydrogen (secondary N) is 1. The number of hydrogen-bond acceptors (Lipinski definition) is 3. The predicted molar refractivity (Wildman–Crippen MR) is 77.9 cm³/mol. The van der Waals surface area contributed by atoms with Gasteiger partial charge in [-0.15, -0.1) is 0 Å². The summed E-state index contributed by atoms with van der Waals surface area (Å²) in [6.45, 7) is 2.57. The van der Waals surface area contributed by atoms with E-state index in [0.29, 0.717) is 6.42 Å². The molecule has 0 aromatic heterocycles. The van der Waals surface area contributed by atoms with E-state index in [1.54, 1.807) is 0 Å². The Kier molecular flexibility index (Phi) is 5.33. The van der Waals surface area contributed by atoms with Crippen LogP contribution in [0.5, 0.6) is 0 Å². The number of ether oxygens (including phenoxy) is 1. The van der Waals surface area contributed by atoms with Crippen LogP contribution in [0.15, 0.2) is 22.7 Å². The Bertz CT molecular complexity index is 430. The van der Waals surface area contributed by atoms with E-state index in [1.165, 1.54) is 6.07 Å². The first-order valence-corrected chi connectivity index (χ1v) is 7.31. The van der Waals surface area contributed by atoms with Crippen molar-refractivity contribution < 1.29 is 9.13 Å². The van der Waals surface area contributed by atoms with Crippen LogP contribution in [0.4, 0.5) is 4.39 Å². The van der Waals surface area contributed by atoms with Gasteiger partial charge in [-0.2, -0.15) is 0 Å². The zero-order chi connectivity index (χ0) is 13.8. The third-order valence-corrected chi connectivity index (χ3v) is 4.06. The number of likely N-dealkylation sites (N-methyl/N-ethyl adjacent to an activating group) is 2. The molecule has 1 heterocycles. The van der Waals surface area contributed by atoms with Crippen LogP contribution < -0.4 is 5.32 Å².